The number of nitrogens with zero attached hydrogens (tertiary/aromatic N) is 2. The molecule has 27 heavy (non-hydrogen) atoms. The maximum absolute atomic E-state index is 12.6. The Bertz CT molecular complexity index is 1110. The van der Waals surface area contributed by atoms with Gasteiger partial charge in [0.05, 0.1) is 10.2 Å². The van der Waals surface area contributed by atoms with E-state index in [0.29, 0.717) is 16.9 Å². The summed E-state index contributed by atoms with van der Waals surface area (Å²) in [6, 6.07) is 16.3. The summed E-state index contributed by atoms with van der Waals surface area (Å²) < 4.78 is 2.90. The minimum absolute atomic E-state index is 0.135. The Kier molecular flexibility index (Phi) is 4.43. The van der Waals surface area contributed by atoms with E-state index < -0.39 is 0 Å². The van der Waals surface area contributed by atoms with Crippen LogP contribution in [0.25, 0.3) is 15.3 Å². The van der Waals surface area contributed by atoms with E-state index in [1.807, 2.05) is 41.2 Å². The quantitative estimate of drug-likeness (QED) is 0.558. The maximum Gasteiger partial charge on any atom is 0.255 e. The number of carbonyl (C=O) groups excluding carboxylic acids is 2. The van der Waals surface area contributed by atoms with Crippen LogP contribution in [0.5, 0.6) is 0 Å². The number of hydrogen-bond acceptors (Lipinski definition) is 4. The first-order valence-electron chi connectivity index (χ1n) is 8.31. The maximum atomic E-state index is 12.6. The lowest BCUT2D eigenvalue weighted by molar-refractivity contribution is -0.114. The fraction of sp³-hybridized carbons (Fsp3) is 0.0500. The minimum Gasteiger partial charge on any atom is -0.326 e. The van der Waals surface area contributed by atoms with Crippen molar-refractivity contribution < 1.29 is 9.59 Å². The summed E-state index contributed by atoms with van der Waals surface area (Å²) in [6.45, 7) is 1.45. The van der Waals surface area contributed by atoms with Crippen LogP contribution >= 0.6 is 11.3 Å². The Morgan fingerprint density at radius 1 is 0.963 bits per heavy atom. The Labute approximate surface area is 159 Å². The number of amides is 2. The number of anilines is 2. The van der Waals surface area contributed by atoms with Gasteiger partial charge in [-0.2, -0.15) is 0 Å². The molecule has 2 N–H and O–H groups in total. The Balaban J connectivity index is 1.53. The molecule has 0 fully saturated rings. The number of fused-ring (bicyclic) bond motifs is 1. The second kappa shape index (κ2) is 7.05. The van der Waals surface area contributed by atoms with Gasteiger partial charge >= 0.3 is 0 Å². The van der Waals surface area contributed by atoms with Crippen molar-refractivity contribution in [3.8, 4) is 5.13 Å². The third-order valence-corrected chi connectivity index (χ3v) is 4.96. The summed E-state index contributed by atoms with van der Waals surface area (Å²) in [7, 11) is 0. The SMILES string of the molecule is CC(=O)Nc1ccc(NC(=O)c2ccc3nc(-n4cccc4)sc3c2)cc1. The van der Waals surface area contributed by atoms with E-state index in [9.17, 15) is 9.59 Å². The van der Waals surface area contributed by atoms with Crippen molar-refractivity contribution in [2.45, 2.75) is 6.92 Å². The molecule has 6 nitrogen and oxygen atoms in total. The van der Waals surface area contributed by atoms with Crippen LogP contribution in [0, 0.1) is 0 Å². The standard InChI is InChI=1S/C20H16N4O2S/c1-13(25)21-15-5-7-16(8-6-15)22-19(26)14-4-9-17-18(12-14)27-20(23-17)24-10-2-3-11-24/h2-12H,1H3,(H,21,25)(H,22,26). The smallest absolute Gasteiger partial charge is 0.255 e. The van der Waals surface area contributed by atoms with Crippen molar-refractivity contribution in [3.63, 3.8) is 0 Å². The van der Waals surface area contributed by atoms with Crippen molar-refractivity contribution in [3.05, 3.63) is 72.6 Å². The van der Waals surface area contributed by atoms with Crippen LogP contribution in [-0.4, -0.2) is 21.4 Å². The molecule has 2 aromatic carbocycles. The number of thiazole rings is 1. The van der Waals surface area contributed by atoms with Crippen LogP contribution in [-0.2, 0) is 4.79 Å². The lowest BCUT2D eigenvalue weighted by Crippen LogP contribution is -2.12. The lowest BCUT2D eigenvalue weighted by atomic mass is 10.2. The molecular weight excluding hydrogens is 360 g/mol. The molecule has 134 valence electrons. The summed E-state index contributed by atoms with van der Waals surface area (Å²) in [4.78, 5) is 28.2. The monoisotopic (exact) mass is 376 g/mol. The Morgan fingerprint density at radius 3 is 2.30 bits per heavy atom. The number of hydrogen-bond donors (Lipinski definition) is 2. The molecular formula is C20H16N4O2S. The molecule has 0 atom stereocenters. The third kappa shape index (κ3) is 3.73. The number of carbonyl (C=O) groups is 2. The molecule has 0 aliphatic carbocycles. The van der Waals surface area contributed by atoms with Crippen LogP contribution in [0.15, 0.2) is 67.0 Å². The Hall–Kier alpha value is -3.45. The molecule has 4 rings (SSSR count). The van der Waals surface area contributed by atoms with Crippen molar-refractivity contribution in [1.82, 2.24) is 9.55 Å². The van der Waals surface area contributed by atoms with Gasteiger partial charge in [0.25, 0.3) is 5.91 Å². The molecule has 0 saturated heterocycles. The van der Waals surface area contributed by atoms with E-state index in [-0.39, 0.29) is 11.8 Å². The van der Waals surface area contributed by atoms with Gasteiger partial charge in [-0.05, 0) is 54.6 Å². The first-order chi connectivity index (χ1) is 13.1. The predicted octanol–water partition coefficient (Wildman–Crippen LogP) is 4.30. The average molecular weight is 376 g/mol. The molecule has 2 aromatic heterocycles. The van der Waals surface area contributed by atoms with Gasteiger partial charge in [0.2, 0.25) is 5.91 Å². The van der Waals surface area contributed by atoms with Gasteiger partial charge in [-0.1, -0.05) is 11.3 Å². The van der Waals surface area contributed by atoms with Crippen LogP contribution in [0.2, 0.25) is 0 Å². The van der Waals surface area contributed by atoms with E-state index in [0.717, 1.165) is 15.3 Å². The van der Waals surface area contributed by atoms with E-state index in [1.165, 1.54) is 18.3 Å². The highest BCUT2D eigenvalue weighted by Crippen LogP contribution is 2.26. The molecule has 4 aromatic rings. The Morgan fingerprint density at radius 2 is 1.63 bits per heavy atom. The summed E-state index contributed by atoms with van der Waals surface area (Å²) in [6.07, 6.45) is 3.88. The van der Waals surface area contributed by atoms with E-state index in [1.54, 1.807) is 30.3 Å². The molecule has 0 aliphatic heterocycles. The second-order valence-corrected chi connectivity index (χ2v) is 6.99. The first kappa shape index (κ1) is 17.0. The first-order valence-corrected chi connectivity index (χ1v) is 9.13. The molecule has 0 spiro atoms. The number of nitrogens with one attached hydrogen (secondary N) is 2. The fourth-order valence-electron chi connectivity index (χ4n) is 2.67. The minimum atomic E-state index is -0.194. The summed E-state index contributed by atoms with van der Waals surface area (Å²) in [5, 5.41) is 6.42. The largest absolute Gasteiger partial charge is 0.326 e. The number of aromatic nitrogens is 2. The predicted molar refractivity (Wildman–Crippen MR) is 108 cm³/mol. The molecule has 0 aliphatic rings. The van der Waals surface area contributed by atoms with E-state index >= 15 is 0 Å². The summed E-state index contributed by atoms with van der Waals surface area (Å²) >= 11 is 1.53. The van der Waals surface area contributed by atoms with Crippen LogP contribution in [0.1, 0.15) is 17.3 Å². The van der Waals surface area contributed by atoms with Gasteiger partial charge < -0.3 is 15.2 Å². The van der Waals surface area contributed by atoms with Gasteiger partial charge in [0.1, 0.15) is 0 Å². The molecule has 7 heteroatoms. The van der Waals surface area contributed by atoms with E-state index in [4.69, 9.17) is 0 Å². The average Bonchev–Trinajstić information content (AvgIpc) is 3.31. The van der Waals surface area contributed by atoms with Gasteiger partial charge in [0.15, 0.2) is 5.13 Å². The highest BCUT2D eigenvalue weighted by molar-refractivity contribution is 7.20. The van der Waals surface area contributed by atoms with Crippen LogP contribution in [0.4, 0.5) is 11.4 Å². The van der Waals surface area contributed by atoms with Crippen LogP contribution < -0.4 is 10.6 Å². The second-order valence-electron chi connectivity index (χ2n) is 5.98. The third-order valence-electron chi connectivity index (χ3n) is 3.93. The van der Waals surface area contributed by atoms with Gasteiger partial charge in [-0.15, -0.1) is 0 Å². The van der Waals surface area contributed by atoms with Crippen molar-refractivity contribution >= 4 is 44.7 Å². The molecule has 0 unspecified atom stereocenters. The van der Waals surface area contributed by atoms with Crippen LogP contribution in [0.3, 0.4) is 0 Å². The van der Waals surface area contributed by atoms with Crippen molar-refractivity contribution in [1.29, 1.82) is 0 Å². The lowest BCUT2D eigenvalue weighted by Gasteiger charge is -2.07. The zero-order valence-electron chi connectivity index (χ0n) is 14.5. The zero-order chi connectivity index (χ0) is 18.8. The number of rotatable bonds is 4. The molecule has 0 bridgehead atoms. The van der Waals surface area contributed by atoms with Crippen molar-refractivity contribution in [2.24, 2.45) is 0 Å². The highest BCUT2D eigenvalue weighted by Gasteiger charge is 2.11. The number of benzene rings is 2. The summed E-state index contributed by atoms with van der Waals surface area (Å²) in [5.74, 6) is -0.330. The highest BCUT2D eigenvalue weighted by atomic mass is 32.1. The molecule has 0 saturated carbocycles. The van der Waals surface area contributed by atoms with Crippen molar-refractivity contribution in [2.75, 3.05) is 10.6 Å². The topological polar surface area (TPSA) is 76.0 Å². The summed E-state index contributed by atoms with van der Waals surface area (Å²) in [5.41, 5.74) is 2.77. The fourth-order valence-corrected chi connectivity index (χ4v) is 3.64. The zero-order valence-corrected chi connectivity index (χ0v) is 15.3. The normalized spacial score (nSPS) is 10.7. The molecule has 0 radical (unpaired) electrons. The molecule has 2 amide bonds. The van der Waals surface area contributed by atoms with Gasteiger partial charge in [-0.3, -0.25) is 9.59 Å². The van der Waals surface area contributed by atoms with E-state index in [2.05, 4.69) is 15.6 Å². The van der Waals surface area contributed by atoms with Gasteiger partial charge in [-0.25, -0.2) is 4.98 Å². The molecule has 2 heterocycles. The van der Waals surface area contributed by atoms with Gasteiger partial charge in [0, 0.05) is 36.3 Å².